The molecule has 3 rings (SSSR count). The lowest BCUT2D eigenvalue weighted by Gasteiger charge is -2.31. The SMILES string of the molecule is CS(C)(c1cccc(S(=O)N2CCCC2)c1)c1ccc(C#N)s1. The zero-order chi connectivity index (χ0) is 16.4. The van der Waals surface area contributed by atoms with E-state index >= 15 is 0 Å². The summed E-state index contributed by atoms with van der Waals surface area (Å²) in [6.07, 6.45) is 6.73. The summed E-state index contributed by atoms with van der Waals surface area (Å²) in [4.78, 5) is 2.85. The Bertz CT molecular complexity index is 770. The second kappa shape index (κ2) is 6.78. The minimum Gasteiger partial charge on any atom is -0.237 e. The van der Waals surface area contributed by atoms with Crippen LogP contribution in [0.15, 0.2) is 50.4 Å². The van der Waals surface area contributed by atoms with E-state index in [-0.39, 0.29) is 0 Å². The van der Waals surface area contributed by atoms with Gasteiger partial charge in [0, 0.05) is 17.3 Å². The summed E-state index contributed by atoms with van der Waals surface area (Å²) in [6.45, 7) is 1.84. The van der Waals surface area contributed by atoms with E-state index in [4.69, 9.17) is 5.26 Å². The monoisotopic (exact) mass is 364 g/mol. The molecule has 1 aromatic carbocycles. The lowest BCUT2D eigenvalue weighted by molar-refractivity contribution is 0.535. The van der Waals surface area contributed by atoms with Gasteiger partial charge < -0.3 is 0 Å². The number of benzene rings is 1. The Morgan fingerprint density at radius 2 is 1.96 bits per heavy atom. The van der Waals surface area contributed by atoms with Gasteiger partial charge in [-0.2, -0.15) is 15.3 Å². The summed E-state index contributed by atoms with van der Waals surface area (Å²) < 4.78 is 16.0. The molecule has 0 spiro atoms. The second-order valence-electron chi connectivity index (χ2n) is 5.92. The van der Waals surface area contributed by atoms with Crippen LogP contribution in [-0.4, -0.2) is 34.1 Å². The molecule has 2 heterocycles. The van der Waals surface area contributed by atoms with Crippen LogP contribution in [0, 0.1) is 11.3 Å². The first kappa shape index (κ1) is 16.7. The summed E-state index contributed by atoms with van der Waals surface area (Å²) in [5.41, 5.74) is 0. The average molecular weight is 365 g/mol. The molecular weight excluding hydrogens is 344 g/mol. The fourth-order valence-corrected chi connectivity index (χ4v) is 7.47. The van der Waals surface area contributed by atoms with E-state index in [1.165, 1.54) is 9.10 Å². The molecular formula is C17H20N2OS3. The van der Waals surface area contributed by atoms with Crippen LogP contribution in [0.2, 0.25) is 0 Å². The number of rotatable bonds is 4. The molecule has 0 radical (unpaired) electrons. The van der Waals surface area contributed by atoms with Crippen molar-refractivity contribution < 1.29 is 4.21 Å². The van der Waals surface area contributed by atoms with Gasteiger partial charge in [0.2, 0.25) is 0 Å². The Hall–Kier alpha value is -1.13. The molecule has 0 amide bonds. The van der Waals surface area contributed by atoms with Crippen molar-refractivity contribution in [3.8, 4) is 6.07 Å². The maximum atomic E-state index is 12.7. The van der Waals surface area contributed by atoms with Crippen molar-refractivity contribution in [2.75, 3.05) is 25.6 Å². The summed E-state index contributed by atoms with van der Waals surface area (Å²) in [5.74, 6) is 0. The molecule has 0 N–H and O–H groups in total. The molecule has 3 nitrogen and oxygen atoms in total. The molecule has 1 aliphatic heterocycles. The summed E-state index contributed by atoms with van der Waals surface area (Å²) in [6, 6.07) is 14.3. The molecule has 0 saturated carbocycles. The fraction of sp³-hybridized carbons (Fsp3) is 0.353. The summed E-state index contributed by atoms with van der Waals surface area (Å²) >= 11 is 1.56. The quantitative estimate of drug-likeness (QED) is 0.815. The molecule has 2 aromatic rings. The predicted molar refractivity (Wildman–Crippen MR) is 98.7 cm³/mol. The van der Waals surface area contributed by atoms with Crippen LogP contribution in [0.4, 0.5) is 0 Å². The molecule has 122 valence electrons. The smallest absolute Gasteiger partial charge is 0.127 e. The highest BCUT2D eigenvalue weighted by Crippen LogP contribution is 2.58. The maximum absolute atomic E-state index is 12.7. The zero-order valence-corrected chi connectivity index (χ0v) is 15.8. The van der Waals surface area contributed by atoms with Gasteiger partial charge in [-0.3, -0.25) is 0 Å². The van der Waals surface area contributed by atoms with E-state index < -0.39 is 21.0 Å². The van der Waals surface area contributed by atoms with Crippen LogP contribution >= 0.6 is 21.4 Å². The highest BCUT2D eigenvalue weighted by atomic mass is 32.3. The molecule has 0 bridgehead atoms. The minimum absolute atomic E-state index is 0.748. The van der Waals surface area contributed by atoms with Gasteiger partial charge in [-0.1, -0.05) is 6.07 Å². The number of thiophene rings is 1. The normalized spacial score (nSPS) is 17.8. The number of nitrogens with zero attached hydrogens (tertiary/aromatic N) is 2. The van der Waals surface area contributed by atoms with Crippen molar-refractivity contribution in [2.24, 2.45) is 0 Å². The number of nitriles is 1. The van der Waals surface area contributed by atoms with Crippen LogP contribution in [0.1, 0.15) is 17.7 Å². The zero-order valence-electron chi connectivity index (χ0n) is 13.3. The van der Waals surface area contributed by atoms with Crippen molar-refractivity contribution in [1.82, 2.24) is 4.31 Å². The molecule has 1 aliphatic rings. The van der Waals surface area contributed by atoms with Crippen LogP contribution in [0.25, 0.3) is 0 Å². The first-order chi connectivity index (χ1) is 11.0. The Morgan fingerprint density at radius 3 is 2.61 bits per heavy atom. The third-order valence-electron chi connectivity index (χ3n) is 4.09. The Kier molecular flexibility index (Phi) is 4.93. The Morgan fingerprint density at radius 1 is 1.22 bits per heavy atom. The van der Waals surface area contributed by atoms with Gasteiger partial charge in [0.05, 0.1) is 4.90 Å². The molecule has 0 aliphatic carbocycles. The van der Waals surface area contributed by atoms with Crippen molar-refractivity contribution in [2.45, 2.75) is 26.8 Å². The third-order valence-corrected chi connectivity index (χ3v) is 10.4. The predicted octanol–water partition coefficient (Wildman–Crippen LogP) is 4.22. The van der Waals surface area contributed by atoms with Gasteiger partial charge in [0.1, 0.15) is 21.9 Å². The summed E-state index contributed by atoms with van der Waals surface area (Å²) in [5, 5.41) is 9.05. The van der Waals surface area contributed by atoms with E-state index in [0.717, 1.165) is 35.7 Å². The van der Waals surface area contributed by atoms with Crippen LogP contribution in [-0.2, 0) is 11.0 Å². The highest BCUT2D eigenvalue weighted by molar-refractivity contribution is 8.33. The molecule has 1 fully saturated rings. The van der Waals surface area contributed by atoms with Gasteiger partial charge in [-0.25, -0.2) is 8.51 Å². The van der Waals surface area contributed by atoms with Gasteiger partial charge >= 0.3 is 0 Å². The number of hydrogen-bond acceptors (Lipinski definition) is 3. The number of hydrogen-bond donors (Lipinski definition) is 0. The average Bonchev–Trinajstić information content (AvgIpc) is 3.25. The van der Waals surface area contributed by atoms with E-state index in [0.29, 0.717) is 0 Å². The van der Waals surface area contributed by atoms with Gasteiger partial charge in [0.25, 0.3) is 0 Å². The maximum Gasteiger partial charge on any atom is 0.127 e. The van der Waals surface area contributed by atoms with Gasteiger partial charge in [-0.15, -0.1) is 11.3 Å². The topological polar surface area (TPSA) is 44.1 Å². The van der Waals surface area contributed by atoms with E-state index in [2.05, 4.69) is 41.1 Å². The van der Waals surface area contributed by atoms with E-state index in [1.807, 2.05) is 18.2 Å². The lowest BCUT2D eigenvalue weighted by atomic mass is 10.4. The van der Waals surface area contributed by atoms with Crippen LogP contribution in [0.5, 0.6) is 0 Å². The highest BCUT2D eigenvalue weighted by Gasteiger charge is 2.23. The summed E-state index contributed by atoms with van der Waals surface area (Å²) in [7, 11) is -2.25. The molecule has 23 heavy (non-hydrogen) atoms. The van der Waals surface area contributed by atoms with Crippen molar-refractivity contribution in [1.29, 1.82) is 5.26 Å². The van der Waals surface area contributed by atoms with Gasteiger partial charge in [-0.05, 0) is 60.6 Å². The van der Waals surface area contributed by atoms with Crippen LogP contribution in [0.3, 0.4) is 0 Å². The Labute approximate surface area is 145 Å². The standard InChI is InChI=1S/C17H20N2OS3/c1-23(2,17-9-8-14(13-18)21-17)16-7-5-6-15(12-16)22(20)19-10-3-4-11-19/h5-9,12H,3-4,10-11H2,1-2H3. The minimum atomic E-state index is -1.19. The van der Waals surface area contributed by atoms with E-state index in [1.54, 1.807) is 11.3 Å². The van der Waals surface area contributed by atoms with E-state index in [9.17, 15) is 4.21 Å². The third kappa shape index (κ3) is 3.38. The second-order valence-corrected chi connectivity index (χ2v) is 12.3. The van der Waals surface area contributed by atoms with Crippen molar-refractivity contribution in [3.05, 3.63) is 41.3 Å². The molecule has 1 atom stereocenters. The molecule has 1 saturated heterocycles. The van der Waals surface area contributed by atoms with Crippen LogP contribution < -0.4 is 0 Å². The molecule has 6 heteroatoms. The molecule has 1 unspecified atom stereocenters. The Balaban J connectivity index is 1.92. The fourth-order valence-electron chi connectivity index (χ4n) is 2.67. The first-order valence-electron chi connectivity index (χ1n) is 7.52. The van der Waals surface area contributed by atoms with Gasteiger partial charge in [0.15, 0.2) is 0 Å². The van der Waals surface area contributed by atoms with Crippen molar-refractivity contribution >= 4 is 32.4 Å². The lowest BCUT2D eigenvalue weighted by Crippen LogP contribution is -2.22. The first-order valence-corrected chi connectivity index (χ1v) is 11.9. The largest absolute Gasteiger partial charge is 0.237 e. The van der Waals surface area contributed by atoms with Crippen molar-refractivity contribution in [3.63, 3.8) is 0 Å². The molecule has 1 aromatic heterocycles.